The van der Waals surface area contributed by atoms with Gasteiger partial charge in [-0.1, -0.05) is 12.8 Å². The maximum Gasteiger partial charge on any atom is 0.433 e. The summed E-state index contributed by atoms with van der Waals surface area (Å²) < 4.78 is 47.6. The van der Waals surface area contributed by atoms with Gasteiger partial charge in [0.15, 0.2) is 5.65 Å². The molecule has 3 aliphatic rings. The Labute approximate surface area is 277 Å². The summed E-state index contributed by atoms with van der Waals surface area (Å²) in [6, 6.07) is 12.7. The van der Waals surface area contributed by atoms with Crippen LogP contribution < -0.4 is 9.80 Å². The van der Waals surface area contributed by atoms with Crippen LogP contribution in [0.15, 0.2) is 42.5 Å². The molecule has 4 aromatic rings. The molecule has 0 amide bonds. The number of H-pyrrole nitrogens is 1. The van der Waals surface area contributed by atoms with Crippen LogP contribution >= 0.6 is 0 Å². The number of imidazole rings is 1. The Hall–Kier alpha value is -4.19. The summed E-state index contributed by atoms with van der Waals surface area (Å²) in [5, 5.41) is 9.35. The van der Waals surface area contributed by atoms with Gasteiger partial charge in [0.25, 0.3) is 0 Å². The van der Waals surface area contributed by atoms with Crippen LogP contribution in [-0.4, -0.2) is 71.4 Å². The fourth-order valence-electron chi connectivity index (χ4n) is 7.57. The lowest BCUT2D eigenvalue weighted by Crippen LogP contribution is -2.37. The third-order valence-electron chi connectivity index (χ3n) is 10.3. The van der Waals surface area contributed by atoms with Crippen molar-refractivity contribution in [2.75, 3.05) is 50.2 Å². The zero-order valence-corrected chi connectivity index (χ0v) is 27.3. The molecule has 7 rings (SSSR count). The van der Waals surface area contributed by atoms with Crippen molar-refractivity contribution < 1.29 is 27.8 Å². The Kier molecular flexibility index (Phi) is 8.55. The first-order chi connectivity index (χ1) is 23.0. The molecule has 1 aromatic carbocycles. The number of aromatic nitrogens is 4. The van der Waals surface area contributed by atoms with Gasteiger partial charge in [0.1, 0.15) is 17.0 Å². The minimum atomic E-state index is -4.57. The number of alkyl halides is 3. The molecule has 254 valence electrons. The number of ether oxygens (including phenoxy) is 1. The van der Waals surface area contributed by atoms with Gasteiger partial charge in [-0.05, 0) is 81.0 Å². The number of carboxylic acids is 1. The number of aromatic amines is 1. The summed E-state index contributed by atoms with van der Waals surface area (Å²) in [5.41, 5.74) is 4.15. The molecule has 0 bridgehead atoms. The number of hydrogen-bond donors (Lipinski definition) is 2. The van der Waals surface area contributed by atoms with Crippen LogP contribution in [0, 0.1) is 11.3 Å². The van der Waals surface area contributed by atoms with E-state index < -0.39 is 17.8 Å². The minimum absolute atomic E-state index is 0.0177. The van der Waals surface area contributed by atoms with Gasteiger partial charge >= 0.3 is 12.1 Å². The highest BCUT2D eigenvalue weighted by Gasteiger charge is 2.37. The smallest absolute Gasteiger partial charge is 0.433 e. The number of aliphatic carboxylic acids is 1. The lowest BCUT2D eigenvalue weighted by molar-refractivity contribution is -0.142. The number of rotatable bonds is 10. The molecule has 4 heterocycles. The van der Waals surface area contributed by atoms with Gasteiger partial charge in [0.2, 0.25) is 0 Å². The Balaban J connectivity index is 1.27. The molecular formula is C36H41F3N6O3. The number of halogens is 3. The predicted octanol–water partition coefficient (Wildman–Crippen LogP) is 7.53. The molecule has 0 spiro atoms. The zero-order valence-electron chi connectivity index (χ0n) is 27.3. The molecule has 1 aliphatic heterocycles. The monoisotopic (exact) mass is 662 g/mol. The fraction of sp³-hybridized carbons (Fsp3) is 0.500. The van der Waals surface area contributed by atoms with Gasteiger partial charge in [-0.25, -0.2) is 15.0 Å². The van der Waals surface area contributed by atoms with Crippen molar-refractivity contribution in [2.45, 2.75) is 63.5 Å². The van der Waals surface area contributed by atoms with E-state index in [9.17, 15) is 23.1 Å². The fourth-order valence-corrected chi connectivity index (χ4v) is 7.57. The molecule has 48 heavy (non-hydrogen) atoms. The van der Waals surface area contributed by atoms with Crippen molar-refractivity contribution in [1.29, 1.82) is 0 Å². The molecule has 9 nitrogen and oxygen atoms in total. The number of pyridine rings is 2. The lowest BCUT2D eigenvalue weighted by Gasteiger charge is -2.34. The molecular weight excluding hydrogens is 621 g/mol. The summed E-state index contributed by atoms with van der Waals surface area (Å²) in [7, 11) is 3.74. The number of anilines is 2. The van der Waals surface area contributed by atoms with Crippen molar-refractivity contribution in [1.82, 2.24) is 19.9 Å². The molecule has 2 N–H and O–H groups in total. The van der Waals surface area contributed by atoms with Gasteiger partial charge < -0.3 is 24.6 Å². The molecule has 0 unspecified atom stereocenters. The third-order valence-corrected chi connectivity index (χ3v) is 10.3. The highest BCUT2D eigenvalue weighted by atomic mass is 19.4. The number of hydrogen-bond acceptors (Lipinski definition) is 7. The van der Waals surface area contributed by atoms with Crippen LogP contribution in [0.3, 0.4) is 0 Å². The molecule has 3 fully saturated rings. The maximum atomic E-state index is 14.0. The number of carbonyl (C=O) groups is 1. The van der Waals surface area contributed by atoms with E-state index in [4.69, 9.17) is 14.7 Å². The zero-order chi connectivity index (χ0) is 33.6. The van der Waals surface area contributed by atoms with Crippen LogP contribution in [0.2, 0.25) is 0 Å². The minimum Gasteiger partial charge on any atom is -0.481 e. The van der Waals surface area contributed by atoms with E-state index in [2.05, 4.69) is 19.8 Å². The molecule has 2 saturated carbocycles. The first-order valence-electron chi connectivity index (χ1n) is 16.8. The van der Waals surface area contributed by atoms with E-state index in [1.54, 1.807) is 13.2 Å². The van der Waals surface area contributed by atoms with Crippen LogP contribution in [0.25, 0.3) is 33.8 Å². The predicted molar refractivity (Wildman–Crippen MR) is 178 cm³/mol. The Morgan fingerprint density at radius 1 is 1.02 bits per heavy atom. The Morgan fingerprint density at radius 2 is 1.73 bits per heavy atom. The normalized spacial score (nSPS) is 18.5. The largest absolute Gasteiger partial charge is 0.481 e. The van der Waals surface area contributed by atoms with E-state index in [-0.39, 0.29) is 17.3 Å². The van der Waals surface area contributed by atoms with E-state index in [0.29, 0.717) is 66.5 Å². The van der Waals surface area contributed by atoms with Crippen LogP contribution in [0.1, 0.15) is 68.7 Å². The second kappa shape index (κ2) is 12.7. The SMILES string of the molecule is COCC1(CN(C)c2cc(-c3cc(C4CC4)nc(C(F)(F)F)c3)nc3nc(-c4ccc(N5CCC(C(=O)O)CC5)cc4)[nH]c23)CCCC1. The van der Waals surface area contributed by atoms with Crippen molar-refractivity contribution in [3.05, 3.63) is 53.9 Å². The van der Waals surface area contributed by atoms with Gasteiger partial charge in [0.05, 0.1) is 23.9 Å². The van der Waals surface area contributed by atoms with E-state index in [1.165, 1.54) is 0 Å². The molecule has 0 radical (unpaired) electrons. The summed E-state index contributed by atoms with van der Waals surface area (Å²) in [6.07, 6.45) is 2.68. The lowest BCUT2D eigenvalue weighted by atomic mass is 9.86. The quantitative estimate of drug-likeness (QED) is 0.180. The number of piperidine rings is 1. The first kappa shape index (κ1) is 32.4. The van der Waals surface area contributed by atoms with Gasteiger partial charge in [0, 0.05) is 67.6 Å². The number of carboxylic acid groups (broad SMARTS) is 1. The van der Waals surface area contributed by atoms with E-state index >= 15 is 0 Å². The van der Waals surface area contributed by atoms with Crippen molar-refractivity contribution in [3.8, 4) is 22.6 Å². The third kappa shape index (κ3) is 6.59. The number of nitrogens with one attached hydrogen (secondary N) is 1. The molecule has 1 saturated heterocycles. The molecule has 2 aliphatic carbocycles. The summed E-state index contributed by atoms with van der Waals surface area (Å²) in [4.78, 5) is 32.9. The van der Waals surface area contributed by atoms with Crippen molar-refractivity contribution in [3.63, 3.8) is 0 Å². The highest BCUT2D eigenvalue weighted by molar-refractivity contribution is 5.91. The van der Waals surface area contributed by atoms with Crippen LogP contribution in [0.5, 0.6) is 0 Å². The van der Waals surface area contributed by atoms with Gasteiger partial charge in [-0.15, -0.1) is 0 Å². The summed E-state index contributed by atoms with van der Waals surface area (Å²) in [6.45, 7) is 2.72. The number of fused-ring (bicyclic) bond motifs is 1. The average Bonchev–Trinajstić information content (AvgIpc) is 3.69. The number of methoxy groups -OCH3 is 1. The van der Waals surface area contributed by atoms with Crippen molar-refractivity contribution in [2.24, 2.45) is 11.3 Å². The van der Waals surface area contributed by atoms with Crippen molar-refractivity contribution >= 4 is 28.5 Å². The van der Waals surface area contributed by atoms with E-state index in [1.807, 2.05) is 37.4 Å². The van der Waals surface area contributed by atoms with Gasteiger partial charge in [-0.3, -0.25) is 4.79 Å². The first-order valence-corrected chi connectivity index (χ1v) is 16.8. The molecule has 3 aromatic heterocycles. The average molecular weight is 663 g/mol. The van der Waals surface area contributed by atoms with Crippen LogP contribution in [-0.2, 0) is 15.7 Å². The Bertz CT molecular complexity index is 1790. The second-order valence-corrected chi connectivity index (χ2v) is 13.9. The van der Waals surface area contributed by atoms with Crippen LogP contribution in [0.4, 0.5) is 24.5 Å². The summed E-state index contributed by atoms with van der Waals surface area (Å²) >= 11 is 0. The Morgan fingerprint density at radius 3 is 2.35 bits per heavy atom. The number of benzene rings is 1. The second-order valence-electron chi connectivity index (χ2n) is 13.9. The topological polar surface area (TPSA) is 107 Å². The highest BCUT2D eigenvalue weighted by Crippen LogP contribution is 2.44. The van der Waals surface area contributed by atoms with E-state index in [0.717, 1.165) is 68.1 Å². The molecule has 12 heteroatoms. The van der Waals surface area contributed by atoms with Gasteiger partial charge in [-0.2, -0.15) is 13.2 Å². The summed E-state index contributed by atoms with van der Waals surface area (Å²) in [5.74, 6) is -0.387. The standard InChI is InChI=1S/C36H41F3N6O3/c1-44(20-35(21-48-2)13-3-4-14-35)29-19-28(25-17-27(22-5-6-22)40-30(18-25)36(37,38)39)41-33-31(29)42-32(43-33)23-7-9-26(10-8-23)45-15-11-24(12-16-45)34(46)47/h7-10,17-19,22,24H,3-6,11-16,20-21H2,1-2H3,(H,46,47)(H,41,42,43). The number of nitrogens with zero attached hydrogens (tertiary/aromatic N) is 5. The molecule has 0 atom stereocenters. The maximum absolute atomic E-state index is 14.0.